The molecule has 0 aliphatic heterocycles. The highest BCUT2D eigenvalue weighted by Crippen LogP contribution is 2.07. The van der Waals surface area contributed by atoms with Crippen LogP contribution in [0.15, 0.2) is 24.3 Å². The van der Waals surface area contributed by atoms with Crippen LogP contribution in [0.1, 0.15) is 30.9 Å². The van der Waals surface area contributed by atoms with Crippen molar-refractivity contribution in [3.05, 3.63) is 41.8 Å². The summed E-state index contributed by atoms with van der Waals surface area (Å²) in [6.45, 7) is 4.34. The third-order valence-corrected chi connectivity index (χ3v) is 1.99. The molecule has 0 heteroatoms. The Labute approximate surface area is 75.6 Å². The molecule has 1 aromatic rings. The number of rotatable bonds is 4. The van der Waals surface area contributed by atoms with E-state index in [2.05, 4.69) is 44.5 Å². The topological polar surface area (TPSA) is 0 Å². The van der Waals surface area contributed by atoms with Crippen LogP contribution in [0, 0.1) is 13.3 Å². The van der Waals surface area contributed by atoms with Gasteiger partial charge in [-0.05, 0) is 25.3 Å². The van der Waals surface area contributed by atoms with Crippen LogP contribution in [-0.2, 0) is 6.42 Å². The van der Waals surface area contributed by atoms with E-state index >= 15 is 0 Å². The standard InChI is InChI=1S/C12H17/c1-3-4-5-6-12-9-7-11(2)8-10-12/h5,7-10H,3-4,6H2,1-2H3. The lowest BCUT2D eigenvalue weighted by atomic mass is 10.1. The van der Waals surface area contributed by atoms with Gasteiger partial charge in [0.2, 0.25) is 0 Å². The Hall–Kier alpha value is -0.780. The van der Waals surface area contributed by atoms with Crippen molar-refractivity contribution in [2.45, 2.75) is 33.1 Å². The smallest absolute Gasteiger partial charge is 0.0248 e. The fraction of sp³-hybridized carbons (Fsp3) is 0.417. The maximum atomic E-state index is 2.35. The molecule has 0 saturated heterocycles. The molecule has 0 spiro atoms. The van der Waals surface area contributed by atoms with Crippen LogP contribution in [-0.4, -0.2) is 0 Å². The van der Waals surface area contributed by atoms with Crippen molar-refractivity contribution in [3.63, 3.8) is 0 Å². The zero-order chi connectivity index (χ0) is 8.81. The second-order valence-corrected chi connectivity index (χ2v) is 3.27. The molecule has 0 unspecified atom stereocenters. The first-order chi connectivity index (χ1) is 5.83. The van der Waals surface area contributed by atoms with Gasteiger partial charge in [-0.25, -0.2) is 0 Å². The lowest BCUT2D eigenvalue weighted by molar-refractivity contribution is 0.864. The second kappa shape index (κ2) is 4.97. The van der Waals surface area contributed by atoms with E-state index in [0.29, 0.717) is 0 Å². The van der Waals surface area contributed by atoms with Gasteiger partial charge in [0.25, 0.3) is 0 Å². The van der Waals surface area contributed by atoms with E-state index in [1.807, 2.05) is 0 Å². The van der Waals surface area contributed by atoms with Crippen molar-refractivity contribution in [1.29, 1.82) is 0 Å². The molecule has 0 aliphatic rings. The van der Waals surface area contributed by atoms with E-state index in [0.717, 1.165) is 6.42 Å². The van der Waals surface area contributed by atoms with Gasteiger partial charge in [0.1, 0.15) is 0 Å². The summed E-state index contributed by atoms with van der Waals surface area (Å²) in [5.74, 6) is 0. The number of unbranched alkanes of at least 4 members (excludes halogenated alkanes) is 2. The zero-order valence-corrected chi connectivity index (χ0v) is 8.01. The molecule has 0 aromatic heterocycles. The number of aryl methyl sites for hydroxylation is 1. The van der Waals surface area contributed by atoms with Gasteiger partial charge in [0.05, 0.1) is 0 Å². The number of benzene rings is 1. The number of hydrogen-bond acceptors (Lipinski definition) is 0. The molecule has 0 atom stereocenters. The van der Waals surface area contributed by atoms with Gasteiger partial charge < -0.3 is 0 Å². The van der Waals surface area contributed by atoms with E-state index in [1.54, 1.807) is 0 Å². The third kappa shape index (κ3) is 3.08. The predicted octanol–water partition coefficient (Wildman–Crippen LogP) is 3.54. The van der Waals surface area contributed by atoms with Gasteiger partial charge in [-0.3, -0.25) is 0 Å². The minimum atomic E-state index is 1.12. The maximum Gasteiger partial charge on any atom is -0.0248 e. The average molecular weight is 161 g/mol. The minimum absolute atomic E-state index is 1.12. The van der Waals surface area contributed by atoms with Gasteiger partial charge in [-0.2, -0.15) is 0 Å². The Kier molecular flexibility index (Phi) is 3.86. The van der Waals surface area contributed by atoms with Crippen molar-refractivity contribution < 1.29 is 0 Å². The van der Waals surface area contributed by atoms with E-state index < -0.39 is 0 Å². The molecule has 0 aliphatic carbocycles. The van der Waals surface area contributed by atoms with Crippen molar-refractivity contribution in [1.82, 2.24) is 0 Å². The van der Waals surface area contributed by atoms with Crippen molar-refractivity contribution in [3.8, 4) is 0 Å². The van der Waals surface area contributed by atoms with Crippen LogP contribution in [0.4, 0.5) is 0 Å². The quantitative estimate of drug-likeness (QED) is 0.592. The molecule has 1 rings (SSSR count). The zero-order valence-electron chi connectivity index (χ0n) is 8.01. The molecule has 0 heterocycles. The van der Waals surface area contributed by atoms with Crippen LogP contribution in [0.3, 0.4) is 0 Å². The Morgan fingerprint density at radius 2 is 1.83 bits per heavy atom. The SMILES string of the molecule is CCC[CH]Cc1ccc(C)cc1. The molecule has 0 saturated carbocycles. The van der Waals surface area contributed by atoms with Gasteiger partial charge in [-0.15, -0.1) is 0 Å². The molecular weight excluding hydrogens is 144 g/mol. The van der Waals surface area contributed by atoms with E-state index in [1.165, 1.54) is 24.0 Å². The molecule has 0 N–H and O–H groups in total. The summed E-state index contributed by atoms with van der Waals surface area (Å²) in [4.78, 5) is 0. The first-order valence-electron chi connectivity index (χ1n) is 4.70. The van der Waals surface area contributed by atoms with Gasteiger partial charge in [0, 0.05) is 0 Å². The van der Waals surface area contributed by atoms with Crippen LogP contribution in [0.2, 0.25) is 0 Å². The lowest BCUT2D eigenvalue weighted by Crippen LogP contribution is -1.85. The molecule has 1 radical (unpaired) electrons. The fourth-order valence-electron chi connectivity index (χ4n) is 1.20. The Bertz CT molecular complexity index is 208. The van der Waals surface area contributed by atoms with Crippen LogP contribution in [0.5, 0.6) is 0 Å². The summed E-state index contributed by atoms with van der Waals surface area (Å²) in [6.07, 6.45) is 5.96. The fourth-order valence-corrected chi connectivity index (χ4v) is 1.20. The van der Waals surface area contributed by atoms with Gasteiger partial charge in [-0.1, -0.05) is 49.6 Å². The normalized spacial score (nSPS) is 10.2. The predicted molar refractivity (Wildman–Crippen MR) is 54.1 cm³/mol. The molecular formula is C12H17. The van der Waals surface area contributed by atoms with Gasteiger partial charge >= 0.3 is 0 Å². The Morgan fingerprint density at radius 1 is 1.17 bits per heavy atom. The summed E-state index contributed by atoms with van der Waals surface area (Å²) in [7, 11) is 0. The summed E-state index contributed by atoms with van der Waals surface area (Å²) in [5, 5.41) is 0. The largest absolute Gasteiger partial charge is 0.0654 e. The molecule has 1 aromatic carbocycles. The highest BCUT2D eigenvalue weighted by Gasteiger charge is 1.91. The van der Waals surface area contributed by atoms with Crippen molar-refractivity contribution in [2.75, 3.05) is 0 Å². The third-order valence-electron chi connectivity index (χ3n) is 1.99. The summed E-state index contributed by atoms with van der Waals surface area (Å²) in [5.41, 5.74) is 2.77. The molecule has 0 bridgehead atoms. The lowest BCUT2D eigenvalue weighted by Gasteiger charge is -1.99. The van der Waals surface area contributed by atoms with E-state index in [9.17, 15) is 0 Å². The minimum Gasteiger partial charge on any atom is -0.0654 e. The molecule has 0 nitrogen and oxygen atoms in total. The number of hydrogen-bond donors (Lipinski definition) is 0. The average Bonchev–Trinajstić information content (AvgIpc) is 2.09. The first kappa shape index (κ1) is 9.31. The van der Waals surface area contributed by atoms with Gasteiger partial charge in [0.15, 0.2) is 0 Å². The molecule has 0 amide bonds. The monoisotopic (exact) mass is 161 g/mol. The maximum absolute atomic E-state index is 2.35. The van der Waals surface area contributed by atoms with Crippen LogP contribution >= 0.6 is 0 Å². The van der Waals surface area contributed by atoms with E-state index in [-0.39, 0.29) is 0 Å². The summed E-state index contributed by atoms with van der Waals surface area (Å²) in [6, 6.07) is 8.77. The summed E-state index contributed by atoms with van der Waals surface area (Å²) < 4.78 is 0. The second-order valence-electron chi connectivity index (χ2n) is 3.27. The Morgan fingerprint density at radius 3 is 2.42 bits per heavy atom. The highest BCUT2D eigenvalue weighted by molar-refractivity contribution is 5.22. The summed E-state index contributed by atoms with van der Waals surface area (Å²) >= 11 is 0. The van der Waals surface area contributed by atoms with E-state index in [4.69, 9.17) is 0 Å². The Balaban J connectivity index is 2.37. The van der Waals surface area contributed by atoms with Crippen LogP contribution in [0.25, 0.3) is 0 Å². The van der Waals surface area contributed by atoms with Crippen molar-refractivity contribution in [2.24, 2.45) is 0 Å². The van der Waals surface area contributed by atoms with Crippen LogP contribution < -0.4 is 0 Å². The molecule has 65 valence electrons. The first-order valence-corrected chi connectivity index (χ1v) is 4.70. The van der Waals surface area contributed by atoms with Crippen molar-refractivity contribution >= 4 is 0 Å². The molecule has 0 fully saturated rings. The highest BCUT2D eigenvalue weighted by atomic mass is 14.0. The molecule has 12 heavy (non-hydrogen) atoms.